The van der Waals surface area contributed by atoms with E-state index in [1.54, 1.807) is 0 Å². The molecule has 0 N–H and O–H groups in total. The Morgan fingerprint density at radius 1 is 0.385 bits per heavy atom. The third-order valence-corrected chi connectivity index (χ3v) is 8.51. The molecule has 1 nitrogen and oxygen atoms in total. The summed E-state index contributed by atoms with van der Waals surface area (Å²) in [6.45, 7) is 0. The zero-order chi connectivity index (χ0) is 25.5. The van der Waals surface area contributed by atoms with Crippen LogP contribution in [-0.4, -0.2) is 4.57 Å². The molecule has 0 amide bonds. The van der Waals surface area contributed by atoms with Crippen molar-refractivity contribution in [1.82, 2.24) is 4.57 Å². The molecule has 0 fully saturated rings. The van der Waals surface area contributed by atoms with Crippen molar-refractivity contribution >= 4 is 43.4 Å². The molecule has 1 heterocycles. The molecule has 0 spiro atoms. The van der Waals surface area contributed by atoms with Gasteiger partial charge < -0.3 is 4.57 Å². The van der Waals surface area contributed by atoms with E-state index in [1.807, 2.05) is 0 Å². The largest absolute Gasteiger partial charge is 0.309 e. The average molecular weight is 494 g/mol. The first kappa shape index (κ1) is 20.9. The Labute approximate surface area is 226 Å². The van der Waals surface area contributed by atoms with Crippen molar-refractivity contribution < 1.29 is 0 Å². The monoisotopic (exact) mass is 493 g/mol. The molecule has 0 unspecified atom stereocenters. The van der Waals surface area contributed by atoms with Gasteiger partial charge in [0.1, 0.15) is 0 Å². The lowest BCUT2D eigenvalue weighted by Gasteiger charge is -2.15. The van der Waals surface area contributed by atoms with Crippen LogP contribution < -0.4 is 0 Å². The van der Waals surface area contributed by atoms with Gasteiger partial charge in [-0.05, 0) is 68.1 Å². The highest BCUT2D eigenvalue weighted by Crippen LogP contribution is 2.52. The topological polar surface area (TPSA) is 4.93 Å². The van der Waals surface area contributed by atoms with Gasteiger partial charge in [0.15, 0.2) is 0 Å². The Morgan fingerprint density at radius 3 is 2.03 bits per heavy atom. The van der Waals surface area contributed by atoms with Crippen LogP contribution in [0.4, 0.5) is 0 Å². The molecule has 0 atom stereocenters. The molecule has 0 bridgehead atoms. The van der Waals surface area contributed by atoms with Gasteiger partial charge in [-0.15, -0.1) is 0 Å². The molecule has 0 radical (unpaired) electrons. The van der Waals surface area contributed by atoms with Gasteiger partial charge in [0.05, 0.1) is 16.7 Å². The van der Waals surface area contributed by atoms with E-state index in [2.05, 4.69) is 144 Å². The van der Waals surface area contributed by atoms with Crippen LogP contribution >= 0.6 is 0 Å². The molecule has 7 aromatic carbocycles. The van der Waals surface area contributed by atoms with Crippen LogP contribution in [0.15, 0.2) is 140 Å². The number of hydrogen-bond donors (Lipinski definition) is 0. The van der Waals surface area contributed by atoms with Crippen LogP contribution in [0.25, 0.3) is 82.4 Å². The van der Waals surface area contributed by atoms with Gasteiger partial charge in [-0.25, -0.2) is 0 Å². The van der Waals surface area contributed by atoms with E-state index >= 15 is 0 Å². The summed E-state index contributed by atoms with van der Waals surface area (Å²) in [7, 11) is 0. The standard InChI is InChI=1S/C38H23N/c1-2-10-26-23-27(20-19-24(26)9-1)28-13-3-5-17-33(28)39-34-18-6-4-14-31(34)38-35(39)22-21-30-29-15-7-11-25-12-8-16-32(36(25)29)37(30)38/h1-23H. The molecule has 1 aromatic heterocycles. The Morgan fingerprint density at radius 2 is 1.10 bits per heavy atom. The second-order valence-electron chi connectivity index (χ2n) is 10.5. The number of nitrogens with zero attached hydrogens (tertiary/aromatic N) is 1. The summed E-state index contributed by atoms with van der Waals surface area (Å²) in [5, 5.41) is 7.83. The van der Waals surface area contributed by atoms with E-state index in [9.17, 15) is 0 Å². The van der Waals surface area contributed by atoms with Crippen molar-refractivity contribution in [2.75, 3.05) is 0 Å². The number of aromatic nitrogens is 1. The van der Waals surface area contributed by atoms with Crippen molar-refractivity contribution in [3.63, 3.8) is 0 Å². The van der Waals surface area contributed by atoms with Gasteiger partial charge in [-0.3, -0.25) is 0 Å². The van der Waals surface area contributed by atoms with E-state index in [0.29, 0.717) is 0 Å². The first-order valence-electron chi connectivity index (χ1n) is 13.5. The van der Waals surface area contributed by atoms with Crippen LogP contribution in [0.2, 0.25) is 0 Å². The maximum Gasteiger partial charge on any atom is 0.0548 e. The molecule has 0 aliphatic heterocycles. The SMILES string of the molecule is c1ccc(-n2c3ccccc3c3c4c(ccc32)-c2cccc3cccc-4c23)c(-c2ccc3ccccc3c2)c1. The highest BCUT2D eigenvalue weighted by atomic mass is 15.0. The molecule has 39 heavy (non-hydrogen) atoms. The lowest BCUT2D eigenvalue weighted by Crippen LogP contribution is -1.97. The van der Waals surface area contributed by atoms with Crippen molar-refractivity contribution in [3.8, 4) is 39.1 Å². The highest BCUT2D eigenvalue weighted by molar-refractivity contribution is 6.26. The van der Waals surface area contributed by atoms with Gasteiger partial charge in [0.25, 0.3) is 0 Å². The van der Waals surface area contributed by atoms with E-state index < -0.39 is 0 Å². The summed E-state index contributed by atoms with van der Waals surface area (Å²) in [6.07, 6.45) is 0. The quantitative estimate of drug-likeness (QED) is 0.226. The summed E-state index contributed by atoms with van der Waals surface area (Å²) >= 11 is 0. The van der Waals surface area contributed by atoms with Gasteiger partial charge >= 0.3 is 0 Å². The van der Waals surface area contributed by atoms with Crippen LogP contribution in [0.1, 0.15) is 0 Å². The molecule has 8 aromatic rings. The predicted molar refractivity (Wildman–Crippen MR) is 166 cm³/mol. The van der Waals surface area contributed by atoms with Crippen molar-refractivity contribution in [2.24, 2.45) is 0 Å². The van der Waals surface area contributed by atoms with E-state index in [-0.39, 0.29) is 0 Å². The van der Waals surface area contributed by atoms with Gasteiger partial charge in [0.2, 0.25) is 0 Å². The molecule has 1 aliphatic carbocycles. The molecular weight excluding hydrogens is 470 g/mol. The fourth-order valence-corrected chi connectivity index (χ4v) is 6.87. The summed E-state index contributed by atoms with van der Waals surface area (Å²) in [5.74, 6) is 0. The minimum Gasteiger partial charge on any atom is -0.309 e. The Kier molecular flexibility index (Phi) is 4.11. The lowest BCUT2D eigenvalue weighted by atomic mass is 9.98. The molecule has 0 saturated heterocycles. The summed E-state index contributed by atoms with van der Waals surface area (Å²) in [5.41, 5.74) is 11.5. The number of fused-ring (bicyclic) bond motifs is 8. The summed E-state index contributed by atoms with van der Waals surface area (Å²) in [6, 6.07) is 51.2. The van der Waals surface area contributed by atoms with Crippen molar-refractivity contribution in [2.45, 2.75) is 0 Å². The van der Waals surface area contributed by atoms with Gasteiger partial charge in [-0.1, -0.05) is 115 Å². The second kappa shape index (κ2) is 7.69. The Balaban J connectivity index is 1.39. The zero-order valence-corrected chi connectivity index (χ0v) is 21.2. The number of rotatable bonds is 2. The van der Waals surface area contributed by atoms with E-state index in [4.69, 9.17) is 0 Å². The molecular formula is C38H23N. The van der Waals surface area contributed by atoms with Gasteiger partial charge in [0, 0.05) is 21.9 Å². The maximum absolute atomic E-state index is 2.47. The van der Waals surface area contributed by atoms with Crippen molar-refractivity contribution in [3.05, 3.63) is 140 Å². The van der Waals surface area contributed by atoms with Crippen LogP contribution in [0.5, 0.6) is 0 Å². The van der Waals surface area contributed by atoms with Crippen LogP contribution in [-0.2, 0) is 0 Å². The number of benzene rings is 7. The number of para-hydroxylation sites is 2. The minimum absolute atomic E-state index is 1.20. The van der Waals surface area contributed by atoms with Crippen LogP contribution in [0, 0.1) is 0 Å². The van der Waals surface area contributed by atoms with Crippen LogP contribution in [0.3, 0.4) is 0 Å². The minimum atomic E-state index is 1.20. The molecule has 1 heteroatoms. The zero-order valence-electron chi connectivity index (χ0n) is 21.2. The fourth-order valence-electron chi connectivity index (χ4n) is 6.87. The Hall–Kier alpha value is -5.14. The first-order valence-corrected chi connectivity index (χ1v) is 13.5. The Bertz CT molecular complexity index is 2280. The predicted octanol–water partition coefficient (Wildman–Crippen LogP) is 10.4. The average Bonchev–Trinajstić information content (AvgIpc) is 3.51. The fraction of sp³-hybridized carbons (Fsp3) is 0. The van der Waals surface area contributed by atoms with E-state index in [0.717, 1.165) is 0 Å². The molecule has 0 saturated carbocycles. The normalized spacial score (nSPS) is 12.1. The van der Waals surface area contributed by atoms with Crippen molar-refractivity contribution in [1.29, 1.82) is 0 Å². The van der Waals surface area contributed by atoms with Gasteiger partial charge in [-0.2, -0.15) is 0 Å². The van der Waals surface area contributed by atoms with E-state index in [1.165, 1.54) is 82.4 Å². The third kappa shape index (κ3) is 2.79. The molecule has 9 rings (SSSR count). The smallest absolute Gasteiger partial charge is 0.0548 e. The lowest BCUT2D eigenvalue weighted by molar-refractivity contribution is 1.18. The summed E-state index contributed by atoms with van der Waals surface area (Å²) < 4.78 is 2.47. The maximum atomic E-state index is 2.47. The molecule has 180 valence electrons. The highest BCUT2D eigenvalue weighted by Gasteiger charge is 2.26. The molecule has 1 aliphatic rings. The number of hydrogen-bond acceptors (Lipinski definition) is 0. The first-order chi connectivity index (χ1) is 19.4. The summed E-state index contributed by atoms with van der Waals surface area (Å²) in [4.78, 5) is 0. The third-order valence-electron chi connectivity index (χ3n) is 8.51. The second-order valence-corrected chi connectivity index (χ2v) is 10.5.